The second kappa shape index (κ2) is 15.0. The van der Waals surface area contributed by atoms with Crippen molar-refractivity contribution >= 4 is 24.1 Å². The molecule has 0 aliphatic heterocycles. The van der Waals surface area contributed by atoms with E-state index < -0.39 is 5.97 Å². The van der Waals surface area contributed by atoms with Crippen LogP contribution in [-0.4, -0.2) is 29.6 Å². The number of carboxylic acids is 1. The van der Waals surface area contributed by atoms with E-state index in [2.05, 4.69) is 4.74 Å². The fourth-order valence-corrected chi connectivity index (χ4v) is 1.53. The van der Waals surface area contributed by atoms with Crippen molar-refractivity contribution in [3.63, 3.8) is 0 Å². The predicted molar refractivity (Wildman–Crippen MR) is 92.5 cm³/mol. The van der Waals surface area contributed by atoms with Crippen molar-refractivity contribution in [1.29, 1.82) is 0 Å². The molecule has 0 atom stereocenters. The number of ether oxygens (including phenoxy) is 1. The van der Waals surface area contributed by atoms with E-state index in [0.717, 1.165) is 17.2 Å². The molecule has 0 saturated heterocycles. The third kappa shape index (κ3) is 12.5. The Labute approximate surface area is 159 Å². The number of carboxylic acid groups (broad SMARTS) is 1. The molecule has 126 valence electrons. The van der Waals surface area contributed by atoms with Gasteiger partial charge in [-0.3, -0.25) is 0 Å². The van der Waals surface area contributed by atoms with Gasteiger partial charge in [0.2, 0.25) is 0 Å². The second-order valence-electron chi connectivity index (χ2n) is 4.35. The zero-order chi connectivity index (χ0) is 16.9. The normalized spacial score (nSPS) is 9.32. The Balaban J connectivity index is 0. The van der Waals surface area contributed by atoms with Crippen molar-refractivity contribution in [3.8, 4) is 0 Å². The number of aliphatic carboxylic acids is 1. The number of hydrogen-bond acceptors (Lipinski definition) is 4. The molecule has 0 amide bonds. The molecule has 0 bridgehead atoms. The van der Waals surface area contributed by atoms with E-state index in [-0.39, 0.29) is 30.3 Å². The number of methoxy groups -OCH3 is 1. The van der Waals surface area contributed by atoms with Gasteiger partial charge in [-0.05, 0) is 23.3 Å². The number of hydrogen-bond donors (Lipinski definition) is 1. The number of esters is 1. The van der Waals surface area contributed by atoms with Gasteiger partial charge in [0.25, 0.3) is 0 Å². The van der Waals surface area contributed by atoms with E-state index >= 15 is 0 Å². The monoisotopic (exact) mass is 334 g/mol. The minimum atomic E-state index is -0.922. The number of rotatable bonds is 4. The minimum Gasteiger partial charge on any atom is -0.870 e. The summed E-state index contributed by atoms with van der Waals surface area (Å²) < 4.78 is 4.45. The molecule has 2 N–H and O–H groups in total. The van der Waals surface area contributed by atoms with Crippen molar-refractivity contribution in [2.45, 2.75) is 0 Å². The summed E-state index contributed by atoms with van der Waals surface area (Å²) in [6.07, 6.45) is 5.79. The first-order valence-corrected chi connectivity index (χ1v) is 6.89. The van der Waals surface area contributed by atoms with Crippen LogP contribution in [0.3, 0.4) is 0 Å². The summed E-state index contributed by atoms with van der Waals surface area (Å²) in [6, 6.07) is 18.9. The average molecular weight is 334 g/mol. The van der Waals surface area contributed by atoms with Crippen molar-refractivity contribution in [1.82, 2.24) is 0 Å². The first-order chi connectivity index (χ1) is 11.1. The predicted octanol–water partition coefficient (Wildman–Crippen LogP) is 0.484. The van der Waals surface area contributed by atoms with Crippen LogP contribution in [0.2, 0.25) is 0 Å². The van der Waals surface area contributed by atoms with E-state index in [4.69, 9.17) is 5.11 Å². The largest absolute Gasteiger partial charge is 1.00 e. The summed E-state index contributed by atoms with van der Waals surface area (Å²) in [4.78, 5) is 20.8. The molecule has 0 aliphatic carbocycles. The smallest absolute Gasteiger partial charge is 0.870 e. The Morgan fingerprint density at radius 3 is 1.60 bits per heavy atom. The molecule has 25 heavy (non-hydrogen) atoms. The molecule has 6 heteroatoms. The summed E-state index contributed by atoms with van der Waals surface area (Å²) in [5.41, 5.74) is 1.89. The van der Waals surface area contributed by atoms with Gasteiger partial charge < -0.3 is 15.3 Å². The fraction of sp³-hybridized carbons (Fsp3) is 0.0526. The molecule has 0 saturated carbocycles. The standard InChI is InChI=1S/C10H10O2.C9H8O2.Li.H2O/c1-12-10(11)8-7-9-5-3-2-4-6-9;10-9(11)7-6-8-4-2-1-3-5-8;;/h2-8H,1H3;1-7H,(H,10,11);;1H2/q;;+1;/p-1/b8-7-;7-6-;;. The maximum atomic E-state index is 10.7. The van der Waals surface area contributed by atoms with Crippen LogP contribution in [0.5, 0.6) is 0 Å². The molecule has 0 radical (unpaired) electrons. The Morgan fingerprint density at radius 2 is 1.24 bits per heavy atom. The molecule has 2 aromatic rings. The van der Waals surface area contributed by atoms with E-state index in [1.807, 2.05) is 60.7 Å². The van der Waals surface area contributed by atoms with Crippen molar-refractivity contribution in [2.75, 3.05) is 7.11 Å². The van der Waals surface area contributed by atoms with Crippen LogP contribution >= 0.6 is 0 Å². The third-order valence-corrected chi connectivity index (χ3v) is 2.63. The molecule has 0 heterocycles. The molecule has 2 aromatic carbocycles. The molecule has 0 unspecified atom stereocenters. The van der Waals surface area contributed by atoms with Crippen LogP contribution in [0.15, 0.2) is 72.8 Å². The Morgan fingerprint density at radius 1 is 0.840 bits per heavy atom. The van der Waals surface area contributed by atoms with E-state index in [0.29, 0.717) is 0 Å². The molecule has 2 rings (SSSR count). The number of carbonyl (C=O) groups is 2. The zero-order valence-corrected chi connectivity index (χ0v) is 14.2. The summed E-state index contributed by atoms with van der Waals surface area (Å²) >= 11 is 0. The van der Waals surface area contributed by atoms with Crippen LogP contribution in [-0.2, 0) is 14.3 Å². The van der Waals surface area contributed by atoms with Gasteiger partial charge in [-0.2, -0.15) is 0 Å². The van der Waals surface area contributed by atoms with Gasteiger partial charge in [-0.25, -0.2) is 9.59 Å². The van der Waals surface area contributed by atoms with Gasteiger partial charge in [0, 0.05) is 12.2 Å². The van der Waals surface area contributed by atoms with Crippen LogP contribution < -0.4 is 18.9 Å². The summed E-state index contributed by atoms with van der Waals surface area (Å²) in [6.45, 7) is 0. The van der Waals surface area contributed by atoms with Gasteiger partial charge in [0.05, 0.1) is 7.11 Å². The van der Waals surface area contributed by atoms with Crippen molar-refractivity contribution < 1.29 is 43.8 Å². The maximum absolute atomic E-state index is 10.7. The van der Waals surface area contributed by atoms with Crippen molar-refractivity contribution in [3.05, 3.63) is 83.9 Å². The van der Waals surface area contributed by atoms with E-state index in [1.54, 1.807) is 12.2 Å². The molecule has 0 aliphatic rings. The maximum Gasteiger partial charge on any atom is 1.00 e. The second-order valence-corrected chi connectivity index (χ2v) is 4.35. The Bertz CT molecular complexity index is 667. The first kappa shape index (κ1) is 24.7. The van der Waals surface area contributed by atoms with E-state index in [9.17, 15) is 9.59 Å². The first-order valence-electron chi connectivity index (χ1n) is 6.89. The molecule has 0 aromatic heterocycles. The van der Waals surface area contributed by atoms with Crippen molar-refractivity contribution in [2.24, 2.45) is 0 Å². The summed E-state index contributed by atoms with van der Waals surface area (Å²) in [7, 11) is 1.36. The summed E-state index contributed by atoms with van der Waals surface area (Å²) in [5.74, 6) is -1.26. The molecule has 5 nitrogen and oxygen atoms in total. The number of benzene rings is 2. The van der Waals surface area contributed by atoms with Crippen LogP contribution in [0.25, 0.3) is 12.2 Å². The van der Waals surface area contributed by atoms with Gasteiger partial charge in [0.15, 0.2) is 0 Å². The average Bonchev–Trinajstić information content (AvgIpc) is 2.60. The number of carbonyl (C=O) groups excluding carboxylic acids is 1. The molecular formula is C19H19LiO5. The molecule has 0 spiro atoms. The third-order valence-electron chi connectivity index (χ3n) is 2.63. The summed E-state index contributed by atoms with van der Waals surface area (Å²) in [5, 5.41) is 8.29. The van der Waals surface area contributed by atoms with Crippen LogP contribution in [0.4, 0.5) is 0 Å². The Hall–Kier alpha value is -2.58. The zero-order valence-electron chi connectivity index (χ0n) is 14.2. The fourth-order valence-electron chi connectivity index (χ4n) is 1.53. The topological polar surface area (TPSA) is 93.6 Å². The SMILES string of the molecule is COC(=O)/C=C\c1ccccc1.O=C(O)/C=C\c1ccccc1.[Li+].[OH-]. The minimum absolute atomic E-state index is 0. The van der Waals surface area contributed by atoms with Crippen LogP contribution in [0.1, 0.15) is 11.1 Å². The van der Waals surface area contributed by atoms with E-state index in [1.165, 1.54) is 13.2 Å². The van der Waals surface area contributed by atoms with Gasteiger partial charge in [0.1, 0.15) is 0 Å². The van der Waals surface area contributed by atoms with Gasteiger partial charge in [-0.15, -0.1) is 0 Å². The van der Waals surface area contributed by atoms with Crippen LogP contribution in [0, 0.1) is 0 Å². The van der Waals surface area contributed by atoms with Gasteiger partial charge in [-0.1, -0.05) is 60.7 Å². The van der Waals surface area contributed by atoms with Gasteiger partial charge >= 0.3 is 30.8 Å². The quantitative estimate of drug-likeness (QED) is 0.499. The molecular weight excluding hydrogens is 315 g/mol. The molecule has 0 fully saturated rings. The Kier molecular flexibility index (Phi) is 14.8.